The lowest BCUT2D eigenvalue weighted by Gasteiger charge is -2.31. The van der Waals surface area contributed by atoms with E-state index in [1.54, 1.807) is 28.8 Å². The summed E-state index contributed by atoms with van der Waals surface area (Å²) in [6, 6.07) is 17.4. The van der Waals surface area contributed by atoms with Gasteiger partial charge in [-0.3, -0.25) is 9.48 Å². The average Bonchev–Trinajstić information content (AvgIpc) is 3.55. The van der Waals surface area contributed by atoms with Crippen molar-refractivity contribution in [2.24, 2.45) is 5.92 Å². The first-order chi connectivity index (χ1) is 18.2. The van der Waals surface area contributed by atoms with E-state index < -0.39 is 20.1 Å². The topological polar surface area (TPSA) is 80.5 Å². The maximum atomic E-state index is 15.9. The van der Waals surface area contributed by atoms with E-state index in [1.807, 2.05) is 67.7 Å². The van der Waals surface area contributed by atoms with E-state index >= 15 is 4.11 Å². The molecule has 2 aliphatic heterocycles. The third-order valence-corrected chi connectivity index (χ3v) is 10.6. The highest BCUT2D eigenvalue weighted by atomic mass is 28.4. The number of fused-ring (bicyclic) bond motifs is 2. The van der Waals surface area contributed by atoms with Crippen LogP contribution in [-0.4, -0.2) is 53.7 Å². The van der Waals surface area contributed by atoms with Crippen LogP contribution < -0.4 is 4.90 Å². The maximum Gasteiger partial charge on any atom is 0.264 e. The van der Waals surface area contributed by atoms with Crippen molar-refractivity contribution in [1.82, 2.24) is 15.0 Å². The number of halogens is 1. The number of aliphatic hydroxyl groups is 1. The normalized spacial score (nSPS) is 25.7. The zero-order valence-electron chi connectivity index (χ0n) is 22.1. The zero-order chi connectivity index (χ0) is 27.1. The molecule has 1 N–H and O–H groups in total. The number of aliphatic hydroxyl groups excluding tert-OH is 1. The molecule has 1 fully saturated rings. The van der Waals surface area contributed by atoms with Crippen LogP contribution in [0.1, 0.15) is 36.1 Å². The maximum absolute atomic E-state index is 15.9. The Balaban J connectivity index is 1.42. The first-order valence-electron chi connectivity index (χ1n) is 13.2. The lowest BCUT2D eigenvalue weighted by atomic mass is 9.82. The Kier molecular flexibility index (Phi) is 7.10. The molecule has 0 bridgehead atoms. The van der Waals surface area contributed by atoms with E-state index in [0.717, 1.165) is 16.8 Å². The average molecular weight is 535 g/mol. The predicted molar refractivity (Wildman–Crippen MR) is 147 cm³/mol. The van der Waals surface area contributed by atoms with Gasteiger partial charge in [0.05, 0.1) is 30.0 Å². The largest absolute Gasteiger partial charge is 0.395 e. The van der Waals surface area contributed by atoms with Crippen molar-refractivity contribution in [1.29, 1.82) is 0 Å². The van der Waals surface area contributed by atoms with Crippen molar-refractivity contribution in [3.05, 3.63) is 90.3 Å². The Morgan fingerprint density at radius 3 is 2.61 bits per heavy atom. The van der Waals surface area contributed by atoms with Gasteiger partial charge in [0.15, 0.2) is 5.60 Å². The predicted octanol–water partition coefficient (Wildman–Crippen LogP) is 4.80. The van der Waals surface area contributed by atoms with E-state index in [2.05, 4.69) is 16.9 Å². The molecule has 38 heavy (non-hydrogen) atoms. The van der Waals surface area contributed by atoms with E-state index in [9.17, 15) is 9.90 Å². The van der Waals surface area contributed by atoms with Gasteiger partial charge in [-0.1, -0.05) is 66.7 Å². The Bertz CT molecular complexity index is 1310. The van der Waals surface area contributed by atoms with Gasteiger partial charge in [-0.05, 0) is 31.1 Å². The molecule has 200 valence electrons. The van der Waals surface area contributed by atoms with E-state index in [-0.39, 0.29) is 29.9 Å². The van der Waals surface area contributed by atoms with Gasteiger partial charge < -0.3 is 18.9 Å². The van der Waals surface area contributed by atoms with Crippen LogP contribution in [0, 0.1) is 5.92 Å². The zero-order valence-corrected chi connectivity index (χ0v) is 23.1. The number of ether oxygens (including phenoxy) is 1. The van der Waals surface area contributed by atoms with Crippen LogP contribution in [0.15, 0.2) is 73.4 Å². The van der Waals surface area contributed by atoms with Crippen molar-refractivity contribution in [3.63, 3.8) is 0 Å². The summed E-state index contributed by atoms with van der Waals surface area (Å²) in [6.07, 6.45) is 3.57. The molecule has 1 saturated heterocycles. The van der Waals surface area contributed by atoms with Crippen molar-refractivity contribution < 1.29 is 18.7 Å². The summed E-state index contributed by atoms with van der Waals surface area (Å²) in [5, 5.41) is 18.6. The van der Waals surface area contributed by atoms with Crippen LogP contribution >= 0.6 is 0 Å². The summed E-state index contributed by atoms with van der Waals surface area (Å²) in [5.41, 5.74) is 1.66. The Morgan fingerprint density at radius 2 is 1.92 bits per heavy atom. The van der Waals surface area contributed by atoms with Crippen LogP contribution in [0.25, 0.3) is 0 Å². The molecule has 5 atom stereocenters. The molecule has 1 unspecified atom stereocenters. The summed E-state index contributed by atoms with van der Waals surface area (Å²) in [7, 11) is -3.23. The third-order valence-electron chi connectivity index (χ3n) is 8.12. The quantitative estimate of drug-likeness (QED) is 0.242. The summed E-state index contributed by atoms with van der Waals surface area (Å²) in [5.74, 6) is -0.747. The third kappa shape index (κ3) is 4.32. The Hall–Kier alpha value is -3.14. The molecule has 7 nitrogen and oxygen atoms in total. The molecule has 1 aromatic heterocycles. The number of rotatable bonds is 9. The molecule has 3 heterocycles. The van der Waals surface area contributed by atoms with Crippen molar-refractivity contribution in [2.75, 3.05) is 18.1 Å². The van der Waals surface area contributed by atoms with E-state index in [0.29, 0.717) is 25.2 Å². The second-order valence-corrected chi connectivity index (χ2v) is 14.6. The molecule has 3 aromatic rings. The van der Waals surface area contributed by atoms with Crippen LogP contribution in [0.5, 0.6) is 0 Å². The molecule has 0 aliphatic carbocycles. The fourth-order valence-corrected chi connectivity index (χ4v) is 9.02. The molecule has 5 rings (SSSR count). The van der Waals surface area contributed by atoms with Gasteiger partial charge in [0.2, 0.25) is 8.41 Å². The fraction of sp³-hybridized carbons (Fsp3) is 0.414. The highest BCUT2D eigenvalue weighted by molar-refractivity contribution is 6.72. The minimum Gasteiger partial charge on any atom is -0.395 e. The number of para-hydroxylation sites is 1. The molecule has 1 amide bonds. The monoisotopic (exact) mass is 534 g/mol. The number of aryl methyl sites for hydroxylation is 1. The number of hydrogen-bond donors (Lipinski definition) is 1. The molecule has 9 heteroatoms. The number of nitrogens with zero attached hydrogens (tertiary/aromatic N) is 4. The standard InChI is InChI=1S/C29H35FN4O3Si/c1-5-16-34-25-14-10-9-13-23(25)29(28(34)36)20(2)27(38(3,4)30)26(37-29)15-17-33-18-24(31-32-33)22(19-35)21-11-7-6-8-12-21/h5-14,18,20,22,26-27,35H,1,15-17,19H2,2-4H3/t20-,22?,26+,27-,29+/m0/s1. The highest BCUT2D eigenvalue weighted by Crippen LogP contribution is 2.60. The highest BCUT2D eigenvalue weighted by Gasteiger charge is 2.66. The minimum absolute atomic E-state index is 0.0824. The number of carbonyl (C=O) groups excluding carboxylic acids is 1. The number of amides is 1. The number of anilines is 1. The lowest BCUT2D eigenvalue weighted by Crippen LogP contribution is -2.45. The second kappa shape index (κ2) is 10.2. The number of aromatic nitrogens is 3. The fourth-order valence-electron chi connectivity index (χ4n) is 6.48. The van der Waals surface area contributed by atoms with Gasteiger partial charge in [-0.2, -0.15) is 0 Å². The summed E-state index contributed by atoms with van der Waals surface area (Å²) in [4.78, 5) is 15.6. The van der Waals surface area contributed by atoms with Crippen LogP contribution in [0.4, 0.5) is 9.80 Å². The second-order valence-electron chi connectivity index (χ2n) is 10.8. The van der Waals surface area contributed by atoms with Crippen molar-refractivity contribution >= 4 is 20.0 Å². The number of carbonyl (C=O) groups is 1. The summed E-state index contributed by atoms with van der Waals surface area (Å²) in [6.45, 7) is 9.94. The van der Waals surface area contributed by atoms with Gasteiger partial charge in [0.1, 0.15) is 0 Å². The SMILES string of the molecule is C=CCN1C(=O)[C@]2(O[C@H](CCn3cc(C(CO)c4ccccc4)nn3)[C@@H]([Si](C)(C)F)[C@@H]2C)c2ccccc21. The van der Waals surface area contributed by atoms with Crippen molar-refractivity contribution in [3.8, 4) is 0 Å². The molecule has 0 radical (unpaired) electrons. The van der Waals surface area contributed by atoms with Gasteiger partial charge in [0.25, 0.3) is 5.91 Å². The molecule has 1 spiro atoms. The molecule has 2 aliphatic rings. The van der Waals surface area contributed by atoms with Crippen LogP contribution in [0.3, 0.4) is 0 Å². The van der Waals surface area contributed by atoms with E-state index in [1.165, 1.54) is 0 Å². The van der Waals surface area contributed by atoms with Crippen LogP contribution in [-0.2, 0) is 21.7 Å². The van der Waals surface area contributed by atoms with Gasteiger partial charge in [-0.25, -0.2) is 0 Å². The molecule has 0 saturated carbocycles. The first kappa shape index (κ1) is 26.5. The Morgan fingerprint density at radius 1 is 1.21 bits per heavy atom. The van der Waals surface area contributed by atoms with Gasteiger partial charge >= 0.3 is 0 Å². The molecular formula is C29H35FN4O3Si. The van der Waals surface area contributed by atoms with E-state index in [4.69, 9.17) is 4.74 Å². The number of benzene rings is 2. The molecule has 2 aromatic carbocycles. The smallest absolute Gasteiger partial charge is 0.264 e. The van der Waals surface area contributed by atoms with Gasteiger partial charge in [-0.15, -0.1) is 11.7 Å². The Labute approximate surface area is 224 Å². The van der Waals surface area contributed by atoms with Crippen molar-refractivity contribution in [2.45, 2.75) is 56.1 Å². The summed E-state index contributed by atoms with van der Waals surface area (Å²) >= 11 is 0. The van der Waals surface area contributed by atoms with Gasteiger partial charge in [0, 0.05) is 36.3 Å². The van der Waals surface area contributed by atoms with Crippen LogP contribution in [0.2, 0.25) is 18.6 Å². The lowest BCUT2D eigenvalue weighted by molar-refractivity contribution is -0.145. The first-order valence-corrected chi connectivity index (χ1v) is 16.1. The minimum atomic E-state index is -3.23. The summed E-state index contributed by atoms with van der Waals surface area (Å²) < 4.78 is 24.3. The number of hydrogen-bond acceptors (Lipinski definition) is 5. The molecular weight excluding hydrogens is 499 g/mol.